The van der Waals surface area contributed by atoms with Crippen LogP contribution in [-0.4, -0.2) is 4.75 Å². The molecule has 47 heavy (non-hydrogen) atoms. The van der Waals surface area contributed by atoms with Crippen LogP contribution in [0.5, 0.6) is 0 Å². The van der Waals surface area contributed by atoms with Gasteiger partial charge in [0.15, 0.2) is 0 Å². The average molecular weight is 669 g/mol. The van der Waals surface area contributed by atoms with Crippen molar-refractivity contribution in [3.63, 3.8) is 0 Å². The molecule has 0 aromatic carbocycles. The van der Waals surface area contributed by atoms with Gasteiger partial charge in [-0.15, -0.1) is 0 Å². The van der Waals surface area contributed by atoms with E-state index in [1.54, 1.807) is 0 Å². The molecule has 0 amide bonds. The van der Waals surface area contributed by atoms with Crippen LogP contribution in [0.4, 0.5) is 0 Å². The van der Waals surface area contributed by atoms with E-state index in [0.717, 1.165) is 0 Å². The summed E-state index contributed by atoms with van der Waals surface area (Å²) in [7, 11) is 0. The van der Waals surface area contributed by atoms with E-state index < -0.39 is 0 Å². The first kappa shape index (κ1) is 38.6. The second-order valence-electron chi connectivity index (χ2n) is 22.7. The SMILES string of the molecule is CC1(C)CCCCCCCC(C)(CC2(C)CCC2)C(C)(CC2(C)CCCC2)C(S)(CC2(C)CCCC2)C(C)(CC2(C)CCC2)CCC1. The normalized spacial score (nSPS) is 40.5. The smallest absolute Gasteiger partial charge is 0.0247 e. The van der Waals surface area contributed by atoms with E-state index >= 15 is 0 Å². The zero-order valence-electron chi connectivity index (χ0n) is 33.7. The monoisotopic (exact) mass is 669 g/mol. The Balaban J connectivity index is 1.71. The minimum absolute atomic E-state index is 0.0163. The molecule has 4 unspecified atom stereocenters. The summed E-state index contributed by atoms with van der Waals surface area (Å²) >= 11 is 6.61. The van der Waals surface area contributed by atoms with E-state index in [2.05, 4.69) is 62.3 Å². The van der Waals surface area contributed by atoms with Gasteiger partial charge in [0.2, 0.25) is 0 Å². The van der Waals surface area contributed by atoms with E-state index in [-0.39, 0.29) is 15.6 Å². The number of hydrogen-bond donors (Lipinski definition) is 1. The van der Waals surface area contributed by atoms with Crippen LogP contribution < -0.4 is 0 Å². The quantitative estimate of drug-likeness (QED) is 0.245. The van der Waals surface area contributed by atoms with Gasteiger partial charge in [-0.3, -0.25) is 0 Å². The molecule has 5 saturated carbocycles. The lowest BCUT2D eigenvalue weighted by molar-refractivity contribution is -0.123. The summed E-state index contributed by atoms with van der Waals surface area (Å²) in [5, 5.41) is 0. The van der Waals surface area contributed by atoms with Gasteiger partial charge in [-0.2, -0.15) is 12.6 Å². The molecular weight excluding hydrogens is 585 g/mol. The van der Waals surface area contributed by atoms with Crippen LogP contribution in [0.15, 0.2) is 0 Å². The second-order valence-corrected chi connectivity index (χ2v) is 23.4. The Labute approximate surface area is 301 Å². The summed E-state index contributed by atoms with van der Waals surface area (Å²) in [6.45, 7) is 24.7. The number of hydrogen-bond acceptors (Lipinski definition) is 1. The largest absolute Gasteiger partial charge is 0.171 e. The fourth-order valence-electron chi connectivity index (χ4n) is 13.7. The first-order valence-corrected chi connectivity index (χ1v) is 22.0. The molecule has 1 heteroatoms. The summed E-state index contributed by atoms with van der Waals surface area (Å²) in [5.41, 5.74) is 3.14. The molecule has 0 bridgehead atoms. The van der Waals surface area contributed by atoms with Crippen LogP contribution in [-0.2, 0) is 0 Å². The van der Waals surface area contributed by atoms with Gasteiger partial charge in [0.05, 0.1) is 0 Å². The summed E-state index contributed by atoms with van der Waals surface area (Å²) in [6, 6.07) is 0. The van der Waals surface area contributed by atoms with Crippen molar-refractivity contribution in [3.05, 3.63) is 0 Å². The molecule has 4 atom stereocenters. The van der Waals surface area contributed by atoms with E-state index in [0.29, 0.717) is 32.5 Å². The van der Waals surface area contributed by atoms with Crippen LogP contribution in [0.2, 0.25) is 0 Å². The fraction of sp³-hybridized carbons (Fsp3) is 1.00. The van der Waals surface area contributed by atoms with Crippen LogP contribution in [0.25, 0.3) is 0 Å². The molecule has 5 aliphatic carbocycles. The highest BCUT2D eigenvalue weighted by molar-refractivity contribution is 7.82. The van der Waals surface area contributed by atoms with Gasteiger partial charge in [0, 0.05) is 4.75 Å². The average Bonchev–Trinajstić information content (AvgIpc) is 3.57. The zero-order chi connectivity index (χ0) is 34.3. The molecule has 0 saturated heterocycles. The van der Waals surface area contributed by atoms with Crippen molar-refractivity contribution in [1.82, 2.24) is 0 Å². The third-order valence-corrected chi connectivity index (χ3v) is 18.4. The lowest BCUT2D eigenvalue weighted by Gasteiger charge is -2.68. The molecule has 0 radical (unpaired) electrons. The van der Waals surface area contributed by atoms with Gasteiger partial charge in [-0.25, -0.2) is 0 Å². The molecule has 0 spiro atoms. The molecule has 0 aromatic rings. The fourth-order valence-corrected chi connectivity index (χ4v) is 14.7. The van der Waals surface area contributed by atoms with E-state index in [1.807, 2.05) is 0 Å². The summed E-state index contributed by atoms with van der Waals surface area (Å²) in [5.74, 6) is 0. The standard InChI is InChI=1S/C46H84S/c1-38(2)22-13-11-10-12-14-32-43(7,34-39(3)28-20-29-39)45(9,36-41(5)24-15-16-25-41)46(47,37-42(6)26-17-18-27-42)44(8,33-19-23-38)35-40(4)30-21-31-40/h47H,10-37H2,1-9H3. The van der Waals surface area contributed by atoms with Crippen molar-refractivity contribution >= 4 is 12.6 Å². The highest BCUT2D eigenvalue weighted by Crippen LogP contribution is 2.73. The van der Waals surface area contributed by atoms with Gasteiger partial charge in [0.25, 0.3) is 0 Å². The summed E-state index contributed by atoms with van der Waals surface area (Å²) in [6.07, 6.45) is 40.0. The maximum absolute atomic E-state index is 6.61. The van der Waals surface area contributed by atoms with Gasteiger partial charge < -0.3 is 0 Å². The Bertz CT molecular complexity index is 1020. The first-order valence-electron chi connectivity index (χ1n) is 21.5. The van der Waals surface area contributed by atoms with Crippen molar-refractivity contribution < 1.29 is 0 Å². The molecule has 5 fully saturated rings. The molecule has 5 rings (SSSR count). The Morgan fingerprint density at radius 2 is 0.638 bits per heavy atom. The topological polar surface area (TPSA) is 0 Å². The number of thiol groups is 1. The predicted octanol–water partition coefficient (Wildman–Crippen LogP) is 15.7. The third-order valence-electron chi connectivity index (χ3n) is 17.2. The van der Waals surface area contributed by atoms with Gasteiger partial charge in [-0.05, 0) is 146 Å². The Hall–Kier alpha value is 0.350. The predicted molar refractivity (Wildman–Crippen MR) is 212 cm³/mol. The molecular formula is C46H84S. The van der Waals surface area contributed by atoms with Crippen LogP contribution in [0, 0.1) is 43.3 Å². The first-order chi connectivity index (χ1) is 21.8. The maximum atomic E-state index is 6.61. The van der Waals surface area contributed by atoms with Crippen LogP contribution >= 0.6 is 12.6 Å². The molecule has 0 aliphatic heterocycles. The summed E-state index contributed by atoms with van der Waals surface area (Å²) in [4.78, 5) is 0. The lowest BCUT2D eigenvalue weighted by atomic mass is 9.40. The van der Waals surface area contributed by atoms with Crippen LogP contribution in [0.1, 0.15) is 242 Å². The highest BCUT2D eigenvalue weighted by Gasteiger charge is 2.66. The Morgan fingerprint density at radius 3 is 1.13 bits per heavy atom. The van der Waals surface area contributed by atoms with Crippen molar-refractivity contribution in [2.24, 2.45) is 43.3 Å². The highest BCUT2D eigenvalue weighted by atomic mass is 32.1. The van der Waals surface area contributed by atoms with Gasteiger partial charge >= 0.3 is 0 Å². The Morgan fingerprint density at radius 1 is 0.319 bits per heavy atom. The number of rotatable bonds is 8. The minimum Gasteiger partial charge on any atom is -0.171 e. The maximum Gasteiger partial charge on any atom is 0.0247 e. The third kappa shape index (κ3) is 8.21. The van der Waals surface area contributed by atoms with Gasteiger partial charge in [-0.1, -0.05) is 139 Å². The van der Waals surface area contributed by atoms with E-state index in [4.69, 9.17) is 12.6 Å². The molecule has 0 nitrogen and oxygen atoms in total. The molecule has 0 N–H and O–H groups in total. The molecule has 0 heterocycles. The molecule has 274 valence electrons. The summed E-state index contributed by atoms with van der Waals surface area (Å²) < 4.78 is 0.0163. The molecule has 5 aliphatic rings. The van der Waals surface area contributed by atoms with Gasteiger partial charge in [0.1, 0.15) is 0 Å². The lowest BCUT2D eigenvalue weighted by Crippen LogP contribution is -2.64. The van der Waals surface area contributed by atoms with Crippen LogP contribution in [0.3, 0.4) is 0 Å². The van der Waals surface area contributed by atoms with Crippen molar-refractivity contribution in [2.45, 2.75) is 247 Å². The zero-order valence-corrected chi connectivity index (χ0v) is 34.6. The second kappa shape index (κ2) is 14.1. The Kier molecular flexibility index (Phi) is 11.5. The van der Waals surface area contributed by atoms with Crippen molar-refractivity contribution in [3.8, 4) is 0 Å². The minimum atomic E-state index is 0.0163. The van der Waals surface area contributed by atoms with E-state index in [1.165, 1.54) is 180 Å². The van der Waals surface area contributed by atoms with Crippen molar-refractivity contribution in [2.75, 3.05) is 0 Å². The van der Waals surface area contributed by atoms with E-state index in [9.17, 15) is 0 Å². The molecule has 0 aromatic heterocycles. The van der Waals surface area contributed by atoms with Crippen molar-refractivity contribution in [1.29, 1.82) is 0 Å².